The number of aromatic nitrogens is 3. The van der Waals surface area contributed by atoms with Gasteiger partial charge in [-0.1, -0.05) is 6.07 Å². The van der Waals surface area contributed by atoms with Crippen molar-refractivity contribution in [3.63, 3.8) is 0 Å². The molecular weight excluding hydrogens is 304 g/mol. The number of rotatable bonds is 2. The fourth-order valence-corrected chi connectivity index (χ4v) is 5.29. The maximum Gasteiger partial charge on any atom is 0.141 e. The van der Waals surface area contributed by atoms with Crippen LogP contribution >= 0.6 is 11.3 Å². The van der Waals surface area contributed by atoms with Crippen LogP contribution in [0.3, 0.4) is 0 Å². The van der Waals surface area contributed by atoms with Gasteiger partial charge in [0.2, 0.25) is 0 Å². The van der Waals surface area contributed by atoms with E-state index < -0.39 is 0 Å². The molecule has 4 heterocycles. The summed E-state index contributed by atoms with van der Waals surface area (Å²) >= 11 is 1.87. The Morgan fingerprint density at radius 2 is 2.17 bits per heavy atom. The first kappa shape index (κ1) is 13.4. The van der Waals surface area contributed by atoms with E-state index in [0.717, 1.165) is 17.2 Å². The van der Waals surface area contributed by atoms with E-state index in [1.165, 1.54) is 53.5 Å². The van der Waals surface area contributed by atoms with E-state index in [1.54, 1.807) is 6.33 Å². The van der Waals surface area contributed by atoms with Crippen LogP contribution in [-0.4, -0.2) is 21.5 Å². The van der Waals surface area contributed by atoms with Crippen LogP contribution in [0.5, 0.6) is 0 Å². The maximum atomic E-state index is 4.72. The lowest BCUT2D eigenvalue weighted by atomic mass is 10.1. The second-order valence-corrected chi connectivity index (χ2v) is 7.46. The molecule has 1 saturated heterocycles. The fourth-order valence-electron chi connectivity index (χ4n) is 4.07. The molecule has 4 nitrogen and oxygen atoms in total. The second-order valence-electron chi connectivity index (χ2n) is 6.37. The van der Waals surface area contributed by atoms with Crippen molar-refractivity contribution in [3.8, 4) is 0 Å². The first-order valence-corrected chi connectivity index (χ1v) is 9.15. The Labute approximate surface area is 139 Å². The van der Waals surface area contributed by atoms with E-state index in [-0.39, 0.29) is 0 Å². The lowest BCUT2D eigenvalue weighted by molar-refractivity contribution is 0.709. The predicted octanol–water partition coefficient (Wildman–Crippen LogP) is 3.92. The van der Waals surface area contributed by atoms with Gasteiger partial charge >= 0.3 is 0 Å². The number of hydrogen-bond acceptors (Lipinski definition) is 5. The first-order valence-electron chi connectivity index (χ1n) is 8.33. The summed E-state index contributed by atoms with van der Waals surface area (Å²) in [7, 11) is 0. The van der Waals surface area contributed by atoms with E-state index in [1.807, 2.05) is 29.8 Å². The normalized spacial score (nSPS) is 20.3. The summed E-state index contributed by atoms with van der Waals surface area (Å²) in [5, 5.41) is 1.32. The molecule has 0 radical (unpaired) electrons. The smallest absolute Gasteiger partial charge is 0.141 e. The minimum absolute atomic E-state index is 0.388. The zero-order valence-electron chi connectivity index (χ0n) is 12.9. The van der Waals surface area contributed by atoms with Crippen LogP contribution < -0.4 is 4.90 Å². The minimum atomic E-state index is 0.388. The monoisotopic (exact) mass is 322 g/mol. The molecule has 0 N–H and O–H groups in total. The van der Waals surface area contributed by atoms with Gasteiger partial charge < -0.3 is 4.90 Å². The lowest BCUT2D eigenvalue weighted by Gasteiger charge is -2.26. The van der Waals surface area contributed by atoms with Gasteiger partial charge in [0.25, 0.3) is 0 Å². The molecule has 1 unspecified atom stereocenters. The summed E-state index contributed by atoms with van der Waals surface area (Å²) in [6.07, 6.45) is 11.6. The molecule has 0 spiro atoms. The summed E-state index contributed by atoms with van der Waals surface area (Å²) in [6.45, 7) is 1.07. The lowest BCUT2D eigenvalue weighted by Crippen LogP contribution is -2.24. The van der Waals surface area contributed by atoms with E-state index in [9.17, 15) is 0 Å². The third-order valence-corrected chi connectivity index (χ3v) is 6.28. The average Bonchev–Trinajstić information content (AvgIpc) is 3.30. The zero-order chi connectivity index (χ0) is 15.2. The molecule has 3 aromatic rings. The molecule has 0 saturated carbocycles. The highest BCUT2D eigenvalue weighted by atomic mass is 32.1. The molecule has 0 aromatic carbocycles. The highest BCUT2D eigenvalue weighted by Crippen LogP contribution is 2.43. The van der Waals surface area contributed by atoms with Gasteiger partial charge in [0, 0.05) is 23.8 Å². The molecular formula is C18H18N4S. The van der Waals surface area contributed by atoms with Crippen LogP contribution in [-0.2, 0) is 12.8 Å². The van der Waals surface area contributed by atoms with Gasteiger partial charge in [-0.3, -0.25) is 4.98 Å². The van der Waals surface area contributed by atoms with Crippen molar-refractivity contribution in [1.29, 1.82) is 0 Å². The molecule has 1 atom stereocenters. The number of hydrogen-bond donors (Lipinski definition) is 0. The summed E-state index contributed by atoms with van der Waals surface area (Å²) in [5.41, 5.74) is 2.81. The average molecular weight is 322 g/mol. The Balaban J connectivity index is 1.65. The number of aryl methyl sites for hydroxylation is 2. The van der Waals surface area contributed by atoms with Crippen LogP contribution in [0.2, 0.25) is 0 Å². The molecule has 23 heavy (non-hydrogen) atoms. The Kier molecular flexibility index (Phi) is 3.08. The van der Waals surface area contributed by atoms with Gasteiger partial charge in [-0.2, -0.15) is 0 Å². The number of nitrogens with zero attached hydrogens (tertiary/aromatic N) is 4. The SMILES string of the molecule is c1cncc(C2CCCN2c2ncnc3sc4c(c23)CCC4)c1. The van der Waals surface area contributed by atoms with Crippen LogP contribution in [0, 0.1) is 0 Å². The highest BCUT2D eigenvalue weighted by Gasteiger charge is 2.31. The second kappa shape index (κ2) is 5.27. The van der Waals surface area contributed by atoms with Crippen molar-refractivity contribution in [2.24, 2.45) is 0 Å². The number of anilines is 1. The first-order chi connectivity index (χ1) is 11.4. The van der Waals surface area contributed by atoms with Gasteiger partial charge in [0.15, 0.2) is 0 Å². The molecule has 1 aliphatic heterocycles. The third kappa shape index (κ3) is 2.06. The number of pyridine rings is 1. The number of thiophene rings is 1. The van der Waals surface area contributed by atoms with Crippen molar-refractivity contribution >= 4 is 27.4 Å². The largest absolute Gasteiger partial charge is 0.349 e. The molecule has 0 amide bonds. The third-order valence-electron chi connectivity index (χ3n) is 5.08. The van der Waals surface area contributed by atoms with Crippen LogP contribution in [0.25, 0.3) is 10.2 Å². The van der Waals surface area contributed by atoms with E-state index >= 15 is 0 Å². The molecule has 5 rings (SSSR count). The minimum Gasteiger partial charge on any atom is -0.349 e. The molecule has 1 fully saturated rings. The maximum absolute atomic E-state index is 4.72. The fraction of sp³-hybridized carbons (Fsp3) is 0.389. The summed E-state index contributed by atoms with van der Waals surface area (Å²) in [6, 6.07) is 4.61. The summed E-state index contributed by atoms with van der Waals surface area (Å²) in [5.74, 6) is 1.14. The van der Waals surface area contributed by atoms with E-state index in [0.29, 0.717) is 6.04 Å². The molecule has 3 aromatic heterocycles. The van der Waals surface area contributed by atoms with Crippen molar-refractivity contribution in [2.45, 2.75) is 38.1 Å². The Bertz CT molecular complexity index is 858. The van der Waals surface area contributed by atoms with Gasteiger partial charge in [-0.25, -0.2) is 9.97 Å². The van der Waals surface area contributed by atoms with Crippen LogP contribution in [0.15, 0.2) is 30.9 Å². The Morgan fingerprint density at radius 3 is 3.09 bits per heavy atom. The van der Waals surface area contributed by atoms with Crippen LogP contribution in [0.1, 0.15) is 41.3 Å². The topological polar surface area (TPSA) is 41.9 Å². The van der Waals surface area contributed by atoms with Crippen molar-refractivity contribution in [1.82, 2.24) is 15.0 Å². The standard InChI is InChI=1S/C18H18N4S/c1-5-13-15(7-1)23-18-16(13)17(20-11-21-18)22-9-3-6-14(22)12-4-2-8-19-10-12/h2,4,8,10-11,14H,1,3,5-7,9H2. The quantitative estimate of drug-likeness (QED) is 0.717. The number of fused-ring (bicyclic) bond motifs is 3. The molecule has 116 valence electrons. The van der Waals surface area contributed by atoms with Crippen LogP contribution in [0.4, 0.5) is 5.82 Å². The van der Waals surface area contributed by atoms with E-state index in [2.05, 4.69) is 20.9 Å². The molecule has 0 bridgehead atoms. The van der Waals surface area contributed by atoms with Crippen molar-refractivity contribution in [3.05, 3.63) is 46.9 Å². The van der Waals surface area contributed by atoms with Crippen molar-refractivity contribution in [2.75, 3.05) is 11.4 Å². The highest BCUT2D eigenvalue weighted by molar-refractivity contribution is 7.19. The Morgan fingerprint density at radius 1 is 1.17 bits per heavy atom. The van der Waals surface area contributed by atoms with E-state index in [4.69, 9.17) is 4.98 Å². The molecule has 2 aliphatic rings. The predicted molar refractivity (Wildman–Crippen MR) is 93.0 cm³/mol. The zero-order valence-corrected chi connectivity index (χ0v) is 13.7. The Hall–Kier alpha value is -2.01. The molecule has 5 heteroatoms. The van der Waals surface area contributed by atoms with Crippen molar-refractivity contribution < 1.29 is 0 Å². The summed E-state index contributed by atoms with van der Waals surface area (Å²) in [4.78, 5) is 18.7. The summed E-state index contributed by atoms with van der Waals surface area (Å²) < 4.78 is 0. The van der Waals surface area contributed by atoms with Gasteiger partial charge in [-0.15, -0.1) is 11.3 Å². The van der Waals surface area contributed by atoms with Gasteiger partial charge in [0.1, 0.15) is 17.0 Å². The molecule has 1 aliphatic carbocycles. The van der Waals surface area contributed by atoms with Gasteiger partial charge in [0.05, 0.1) is 11.4 Å². The van der Waals surface area contributed by atoms with Gasteiger partial charge in [-0.05, 0) is 49.3 Å².